The molecule has 0 spiro atoms. The molecule has 2 saturated carbocycles. The van der Waals surface area contributed by atoms with Crippen LogP contribution in [0.2, 0.25) is 0 Å². The average molecular weight is 811 g/mol. The summed E-state index contributed by atoms with van der Waals surface area (Å²) in [5, 5.41) is 11.8. The summed E-state index contributed by atoms with van der Waals surface area (Å²) in [4.78, 5) is 60.1. The highest BCUT2D eigenvalue weighted by Gasteiger charge is 2.39. The first-order chi connectivity index (χ1) is 28.6. The van der Waals surface area contributed by atoms with Gasteiger partial charge in [0.1, 0.15) is 23.7 Å². The summed E-state index contributed by atoms with van der Waals surface area (Å²) in [6.07, 6.45) is 7.98. The van der Waals surface area contributed by atoms with Crippen LogP contribution in [0.4, 0.5) is 24.8 Å². The number of benzene rings is 2. The number of carbonyl (C=O) groups excluding carboxylic acids is 3. The first kappa shape index (κ1) is 40.2. The maximum atomic E-state index is 15.7. The van der Waals surface area contributed by atoms with Gasteiger partial charge in [-0.15, -0.1) is 0 Å². The van der Waals surface area contributed by atoms with Crippen LogP contribution in [-0.4, -0.2) is 80.6 Å². The molecule has 2 aliphatic heterocycles. The zero-order valence-electron chi connectivity index (χ0n) is 32.7. The van der Waals surface area contributed by atoms with Crippen molar-refractivity contribution < 1.29 is 27.6 Å². The lowest BCUT2D eigenvalue weighted by Crippen LogP contribution is -2.51. The molecule has 4 fully saturated rings. The number of pyridine rings is 1. The number of nitrogens with one attached hydrogen (secondary N) is 4. The van der Waals surface area contributed by atoms with Gasteiger partial charge in [0.15, 0.2) is 5.82 Å². The predicted octanol–water partition coefficient (Wildman–Crippen LogP) is 6.02. The van der Waals surface area contributed by atoms with Crippen molar-refractivity contribution >= 4 is 29.4 Å². The average Bonchev–Trinajstić information content (AvgIpc) is 3.23. The minimum Gasteiger partial charge on any atom is -0.374 e. The number of likely N-dealkylation sites (tertiary alicyclic amines) is 1. The zero-order chi connectivity index (χ0) is 41.0. The van der Waals surface area contributed by atoms with Crippen LogP contribution in [0.5, 0.6) is 0 Å². The molecule has 2 aromatic heterocycles. The quantitative estimate of drug-likeness (QED) is 0.141. The molecular formula is C44H49F3N8O4. The van der Waals surface area contributed by atoms with Crippen LogP contribution in [0.3, 0.4) is 0 Å². The lowest BCUT2D eigenvalue weighted by atomic mass is 9.81. The molecule has 2 saturated heterocycles. The highest BCUT2D eigenvalue weighted by molar-refractivity contribution is 6.01. The van der Waals surface area contributed by atoms with Gasteiger partial charge in [-0.3, -0.25) is 34.0 Å². The number of halogens is 3. The largest absolute Gasteiger partial charge is 0.374 e. The summed E-state index contributed by atoms with van der Waals surface area (Å²) in [6, 6.07) is 15.9. The number of alkyl halides is 1. The Labute approximate surface area is 340 Å². The van der Waals surface area contributed by atoms with Crippen molar-refractivity contribution in [2.75, 3.05) is 23.7 Å². The minimum atomic E-state index is -1.13. The summed E-state index contributed by atoms with van der Waals surface area (Å²) < 4.78 is 47.4. The van der Waals surface area contributed by atoms with Crippen molar-refractivity contribution in [3.05, 3.63) is 101 Å². The Balaban J connectivity index is 0.775. The second-order valence-electron chi connectivity index (χ2n) is 16.3. The Morgan fingerprint density at radius 1 is 0.814 bits per heavy atom. The molecular weight excluding hydrogens is 762 g/mol. The number of imide groups is 1. The van der Waals surface area contributed by atoms with E-state index >= 15 is 8.78 Å². The molecule has 59 heavy (non-hydrogen) atoms. The molecule has 4 atom stereocenters. The predicted molar refractivity (Wildman–Crippen MR) is 217 cm³/mol. The molecule has 0 radical (unpaired) electrons. The van der Waals surface area contributed by atoms with E-state index in [0.717, 1.165) is 31.9 Å². The van der Waals surface area contributed by atoms with E-state index in [4.69, 9.17) is 0 Å². The highest BCUT2D eigenvalue weighted by Crippen LogP contribution is 2.37. The molecule has 3 amide bonds. The van der Waals surface area contributed by atoms with E-state index in [2.05, 4.69) is 36.1 Å². The van der Waals surface area contributed by atoms with Crippen LogP contribution in [0, 0.1) is 17.6 Å². The smallest absolute Gasteiger partial charge is 0.255 e. The van der Waals surface area contributed by atoms with Gasteiger partial charge in [-0.25, -0.2) is 23.1 Å². The molecule has 1 unspecified atom stereocenters. The molecule has 8 rings (SSSR count). The Morgan fingerprint density at radius 2 is 1.61 bits per heavy atom. The van der Waals surface area contributed by atoms with E-state index in [0.29, 0.717) is 73.6 Å². The van der Waals surface area contributed by atoms with E-state index < -0.39 is 23.9 Å². The van der Waals surface area contributed by atoms with Gasteiger partial charge in [-0.1, -0.05) is 24.3 Å². The van der Waals surface area contributed by atoms with Crippen LogP contribution < -0.4 is 26.8 Å². The maximum Gasteiger partial charge on any atom is 0.255 e. The summed E-state index contributed by atoms with van der Waals surface area (Å²) in [6.45, 7) is 1.29. The van der Waals surface area contributed by atoms with Gasteiger partial charge in [0.25, 0.3) is 5.56 Å². The third-order valence-electron chi connectivity index (χ3n) is 12.5. The number of piperidine rings is 2. The van der Waals surface area contributed by atoms with Gasteiger partial charge in [-0.05, 0) is 119 Å². The van der Waals surface area contributed by atoms with Crippen molar-refractivity contribution in [1.29, 1.82) is 0 Å². The Hall–Kier alpha value is -5.57. The number of carbonyl (C=O) groups is 3. The summed E-state index contributed by atoms with van der Waals surface area (Å²) in [5.41, 5.74) is 2.13. The van der Waals surface area contributed by atoms with Crippen LogP contribution in [0.25, 0.3) is 16.9 Å². The molecule has 4 N–H and O–H groups in total. The summed E-state index contributed by atoms with van der Waals surface area (Å²) >= 11 is 0. The molecule has 2 aliphatic carbocycles. The molecule has 310 valence electrons. The summed E-state index contributed by atoms with van der Waals surface area (Å²) in [5.74, 6) is -1.83. The SMILES string of the molecule is O=C1CCC(Nc2ccc(C3CCN([C@@H]4CC[C@@H](C(=O)NC5CCC(Nc6ncc(F)c(-c7cccc(-n8ccccc8=O)c7)n6)CC5)C[C@@H]4F)CC3)c(F)c2)C(=O)N1. The lowest BCUT2D eigenvalue weighted by Gasteiger charge is -2.42. The van der Waals surface area contributed by atoms with Crippen molar-refractivity contribution in [2.45, 2.75) is 107 Å². The third kappa shape index (κ3) is 9.35. The van der Waals surface area contributed by atoms with Gasteiger partial charge in [-0.2, -0.15) is 0 Å². The van der Waals surface area contributed by atoms with E-state index in [-0.39, 0.29) is 71.7 Å². The number of hydrogen-bond acceptors (Lipinski definition) is 9. The lowest BCUT2D eigenvalue weighted by molar-refractivity contribution is -0.133. The van der Waals surface area contributed by atoms with Crippen LogP contribution in [0.1, 0.15) is 82.1 Å². The topological polar surface area (TPSA) is 150 Å². The molecule has 4 aromatic rings. The van der Waals surface area contributed by atoms with Crippen molar-refractivity contribution in [2.24, 2.45) is 5.92 Å². The van der Waals surface area contributed by atoms with Crippen molar-refractivity contribution in [3.8, 4) is 16.9 Å². The Kier molecular flexibility index (Phi) is 12.1. The van der Waals surface area contributed by atoms with E-state index in [1.54, 1.807) is 54.7 Å². The van der Waals surface area contributed by atoms with Gasteiger partial charge in [0.2, 0.25) is 23.7 Å². The van der Waals surface area contributed by atoms with Crippen LogP contribution in [-0.2, 0) is 14.4 Å². The number of aromatic nitrogens is 3. The van der Waals surface area contributed by atoms with Crippen molar-refractivity contribution in [3.63, 3.8) is 0 Å². The molecule has 15 heteroatoms. The molecule has 4 heterocycles. The minimum absolute atomic E-state index is 0.000596. The molecule has 2 aromatic carbocycles. The molecule has 4 aliphatic rings. The monoisotopic (exact) mass is 810 g/mol. The molecule has 12 nitrogen and oxygen atoms in total. The molecule has 0 bridgehead atoms. The Morgan fingerprint density at radius 3 is 2.36 bits per heavy atom. The van der Waals surface area contributed by atoms with E-state index in [1.807, 2.05) is 0 Å². The fraction of sp³-hybridized carbons (Fsp3) is 0.455. The van der Waals surface area contributed by atoms with Gasteiger partial charge < -0.3 is 16.0 Å². The van der Waals surface area contributed by atoms with Crippen LogP contribution in [0.15, 0.2) is 77.9 Å². The van der Waals surface area contributed by atoms with Crippen molar-refractivity contribution in [1.82, 2.24) is 30.1 Å². The third-order valence-corrected chi connectivity index (χ3v) is 12.5. The standard InChI is InChI=1S/C44H49F3N8O4/c45-34-24-31(49-37-14-16-39(56)52-43(37)59)12-13-33(34)26-17-20-54(21-18-26)38-15-7-28(23-35(38)46)42(58)50-29-8-10-30(11-9-29)51-44-48-25-36(47)41(53-44)27-4-3-5-32(22-27)55-19-2-1-6-40(55)57/h1-6,12-13,19,22,24-26,28-30,35,37-38,49H,7-11,14-18,20-21,23H2,(H,50,58)(H,48,51,53)(H,52,56,59)/t28-,29?,30?,35+,37?,38-/m1/s1. The van der Waals surface area contributed by atoms with E-state index in [9.17, 15) is 23.6 Å². The second kappa shape index (κ2) is 17.7. The first-order valence-corrected chi connectivity index (χ1v) is 20.7. The van der Waals surface area contributed by atoms with Gasteiger partial charge in [0, 0.05) is 59.7 Å². The highest BCUT2D eigenvalue weighted by atomic mass is 19.1. The first-order valence-electron chi connectivity index (χ1n) is 20.7. The fourth-order valence-electron chi connectivity index (χ4n) is 9.24. The number of anilines is 2. The van der Waals surface area contributed by atoms with Gasteiger partial charge in [0.05, 0.1) is 6.20 Å². The number of hydrogen-bond donors (Lipinski definition) is 4. The van der Waals surface area contributed by atoms with Crippen LogP contribution >= 0.6 is 0 Å². The number of rotatable bonds is 10. The fourth-order valence-corrected chi connectivity index (χ4v) is 9.24. The zero-order valence-corrected chi connectivity index (χ0v) is 32.7. The van der Waals surface area contributed by atoms with E-state index in [1.165, 1.54) is 16.7 Å². The number of amides is 3. The van der Waals surface area contributed by atoms with Gasteiger partial charge >= 0.3 is 0 Å². The normalized spacial score (nSPS) is 25.5. The number of nitrogens with zero attached hydrogens (tertiary/aromatic N) is 4. The second-order valence-corrected chi connectivity index (χ2v) is 16.3. The maximum absolute atomic E-state index is 15.7. The summed E-state index contributed by atoms with van der Waals surface area (Å²) in [7, 11) is 0. The Bertz CT molecular complexity index is 2240.